The average Bonchev–Trinajstić information content (AvgIpc) is 3.13. The van der Waals surface area contributed by atoms with Crippen LogP contribution in [-0.4, -0.2) is 40.5 Å². The minimum atomic E-state index is -0.00596. The van der Waals surface area contributed by atoms with E-state index in [1.165, 1.54) is 11.1 Å². The van der Waals surface area contributed by atoms with Crippen molar-refractivity contribution in [2.45, 2.75) is 39.7 Å². The van der Waals surface area contributed by atoms with Crippen molar-refractivity contribution in [2.75, 3.05) is 20.2 Å². The lowest BCUT2D eigenvalue weighted by Gasteiger charge is -2.29. The Labute approximate surface area is 196 Å². The molecule has 1 aromatic heterocycles. The zero-order valence-corrected chi connectivity index (χ0v) is 18.6. The topological polar surface area (TPSA) is 51.9 Å². The number of aryl methyl sites for hydroxylation is 1. The monoisotopic (exact) mass is 444 g/mol. The number of hydrogen-bond acceptors (Lipinski definition) is 5. The average molecular weight is 445 g/mol. The fourth-order valence-corrected chi connectivity index (χ4v) is 4.44. The van der Waals surface area contributed by atoms with Gasteiger partial charge in [0.05, 0.1) is 24.8 Å². The second-order valence-electron chi connectivity index (χ2n) is 8.32. The molecule has 2 aliphatic rings. The van der Waals surface area contributed by atoms with Crippen LogP contribution in [0.5, 0.6) is 5.75 Å². The van der Waals surface area contributed by atoms with Crippen molar-refractivity contribution in [3.05, 3.63) is 83.4 Å². The highest BCUT2D eigenvalue weighted by molar-refractivity contribution is 6.02. The number of ether oxygens (including phenoxy) is 1. The number of methoxy groups -OCH3 is 1. The van der Waals surface area contributed by atoms with Crippen LogP contribution >= 0.6 is 0 Å². The molecule has 0 unspecified atom stereocenters. The summed E-state index contributed by atoms with van der Waals surface area (Å²) >= 11 is 0. The van der Waals surface area contributed by atoms with E-state index in [0.717, 1.165) is 60.9 Å². The molecule has 3 aromatic rings. The maximum absolute atomic E-state index is 6.02. The van der Waals surface area contributed by atoms with Gasteiger partial charge in [-0.25, -0.2) is 4.98 Å². The van der Waals surface area contributed by atoms with Crippen LogP contribution in [0.4, 0.5) is 0 Å². The third-order valence-corrected chi connectivity index (χ3v) is 6.09. The van der Waals surface area contributed by atoms with Crippen molar-refractivity contribution in [1.82, 2.24) is 14.5 Å². The summed E-state index contributed by atoms with van der Waals surface area (Å²) in [6.45, 7) is 3.94. The molecular weight excluding hydrogens is 412 g/mol. The first-order valence-corrected chi connectivity index (χ1v) is 11.1. The molecule has 0 amide bonds. The Morgan fingerprint density at radius 2 is 1.97 bits per heavy atom. The van der Waals surface area contributed by atoms with Crippen LogP contribution in [0.3, 0.4) is 0 Å². The second kappa shape index (κ2) is 9.94. The lowest BCUT2D eigenvalue weighted by molar-refractivity contribution is 0.0576. The van der Waals surface area contributed by atoms with Crippen molar-refractivity contribution in [1.29, 1.82) is 0 Å². The smallest absolute Gasteiger partial charge is 0.171 e. The van der Waals surface area contributed by atoms with Crippen LogP contribution in [-0.2, 0) is 4.84 Å². The molecule has 0 saturated carbocycles. The quantitative estimate of drug-likeness (QED) is 0.512. The molecule has 6 nitrogen and oxygen atoms in total. The highest BCUT2D eigenvalue weighted by Gasteiger charge is 2.27. The van der Waals surface area contributed by atoms with Crippen LogP contribution in [0.15, 0.2) is 71.8 Å². The fourth-order valence-electron chi connectivity index (χ4n) is 4.44. The minimum Gasteiger partial charge on any atom is -0.495 e. The lowest BCUT2D eigenvalue weighted by Crippen LogP contribution is -2.37. The van der Waals surface area contributed by atoms with Gasteiger partial charge in [-0.2, -0.15) is 0 Å². The van der Waals surface area contributed by atoms with E-state index in [9.17, 15) is 0 Å². The van der Waals surface area contributed by atoms with Gasteiger partial charge in [0, 0.05) is 25.7 Å². The number of aromatic nitrogens is 2. The van der Waals surface area contributed by atoms with Gasteiger partial charge in [0.2, 0.25) is 0 Å². The molecule has 5 rings (SSSR count). The molecule has 172 valence electrons. The summed E-state index contributed by atoms with van der Waals surface area (Å²) in [5.41, 5.74) is 5.42. The summed E-state index contributed by atoms with van der Waals surface area (Å²) in [6.07, 6.45) is 9.04. The molecule has 6 heteroatoms. The van der Waals surface area contributed by atoms with Crippen molar-refractivity contribution in [2.24, 2.45) is 5.16 Å². The van der Waals surface area contributed by atoms with Gasteiger partial charge in [-0.15, -0.1) is 0 Å². The molecule has 1 atom stereocenters. The molecule has 3 heterocycles. The first kappa shape index (κ1) is 22.6. The summed E-state index contributed by atoms with van der Waals surface area (Å²) in [5, 5.41) is 4.62. The molecule has 0 radical (unpaired) electrons. The molecule has 2 aliphatic heterocycles. The third kappa shape index (κ3) is 4.80. The Morgan fingerprint density at radius 1 is 1.12 bits per heavy atom. The molecule has 33 heavy (non-hydrogen) atoms. The number of imidazole rings is 1. The first-order valence-electron chi connectivity index (χ1n) is 11.1. The van der Waals surface area contributed by atoms with E-state index >= 15 is 0 Å². The molecule has 2 aromatic carbocycles. The van der Waals surface area contributed by atoms with Crippen molar-refractivity contribution in [3.63, 3.8) is 0 Å². The molecule has 0 N–H and O–H groups in total. The second-order valence-corrected chi connectivity index (χ2v) is 8.32. The molecule has 1 saturated heterocycles. The maximum Gasteiger partial charge on any atom is 0.171 e. The molecule has 0 bridgehead atoms. The number of fused-ring (bicyclic) bond motifs is 1. The fraction of sp³-hybridized carbons (Fsp3) is 0.333. The van der Waals surface area contributed by atoms with Crippen LogP contribution in [0.25, 0.3) is 11.8 Å². The summed E-state index contributed by atoms with van der Waals surface area (Å²) in [4.78, 5) is 12.7. The largest absolute Gasteiger partial charge is 0.495 e. The van der Waals surface area contributed by atoms with E-state index < -0.39 is 0 Å². The number of amidine groups is 1. The Hall–Kier alpha value is -3.54. The number of hydrogen-bond donors (Lipinski definition) is 0. The van der Waals surface area contributed by atoms with Crippen molar-refractivity contribution in [3.8, 4) is 11.4 Å². The predicted octanol–water partition coefficient (Wildman–Crippen LogP) is 5.78. The summed E-state index contributed by atoms with van der Waals surface area (Å²) < 4.78 is 7.67. The van der Waals surface area contributed by atoms with Crippen molar-refractivity contribution >= 4 is 11.9 Å². The van der Waals surface area contributed by atoms with Crippen LogP contribution in [0.1, 0.15) is 49.6 Å². The van der Waals surface area contributed by atoms with Crippen molar-refractivity contribution < 1.29 is 9.57 Å². The van der Waals surface area contributed by atoms with Gasteiger partial charge in [0.1, 0.15) is 5.75 Å². The SMILES string of the molecule is C.COc1cc(/C=C2\CCCN3CC[C@H](c4ccccc4)ON=C23)ccc1-n1cnc(C)c1. The van der Waals surface area contributed by atoms with E-state index in [0.29, 0.717) is 0 Å². The van der Waals surface area contributed by atoms with Gasteiger partial charge in [0.15, 0.2) is 11.9 Å². The normalized spacial score (nSPS) is 19.1. The van der Waals surface area contributed by atoms with Crippen LogP contribution in [0.2, 0.25) is 0 Å². The summed E-state index contributed by atoms with van der Waals surface area (Å²) in [7, 11) is 1.70. The summed E-state index contributed by atoms with van der Waals surface area (Å²) in [5.74, 6) is 1.77. The van der Waals surface area contributed by atoms with E-state index in [4.69, 9.17) is 9.57 Å². The Bertz CT molecular complexity index is 1150. The molecule has 0 aliphatic carbocycles. The predicted molar refractivity (Wildman–Crippen MR) is 133 cm³/mol. The Morgan fingerprint density at radius 3 is 2.73 bits per heavy atom. The van der Waals surface area contributed by atoms with Crippen LogP contribution < -0.4 is 4.74 Å². The minimum absolute atomic E-state index is 0. The Kier molecular flexibility index (Phi) is 6.82. The number of nitrogens with zero attached hydrogens (tertiary/aromatic N) is 4. The van der Waals surface area contributed by atoms with E-state index in [1.807, 2.05) is 30.1 Å². The first-order chi connectivity index (χ1) is 15.7. The maximum atomic E-state index is 6.02. The van der Waals surface area contributed by atoms with E-state index in [1.54, 1.807) is 7.11 Å². The molecule has 0 spiro atoms. The Balaban J connectivity index is 0.00000259. The zero-order valence-electron chi connectivity index (χ0n) is 18.6. The van der Waals surface area contributed by atoms with E-state index in [2.05, 4.69) is 63.6 Å². The van der Waals surface area contributed by atoms with Gasteiger partial charge in [-0.05, 0) is 54.7 Å². The van der Waals surface area contributed by atoms with E-state index in [-0.39, 0.29) is 13.5 Å². The third-order valence-electron chi connectivity index (χ3n) is 6.09. The van der Waals surface area contributed by atoms with Gasteiger partial charge in [0.25, 0.3) is 0 Å². The number of rotatable bonds is 4. The standard InChI is InChI=1S/C26H28N4O2.CH4/c1-19-17-30(18-27-19)23-11-10-20(16-25(23)31-2)15-22-9-6-13-29-14-12-24(32-28-26(22)29)21-7-4-3-5-8-21;/h3-5,7-8,10-11,15-18,24H,6,9,12-14H2,1-2H3;1H4/b22-15+;/t24-;/m1./s1. The zero-order chi connectivity index (χ0) is 21.9. The number of oxime groups is 1. The number of benzene rings is 2. The number of piperidine rings is 1. The van der Waals surface area contributed by atoms with Crippen LogP contribution in [0, 0.1) is 6.92 Å². The van der Waals surface area contributed by atoms with Gasteiger partial charge in [-0.1, -0.05) is 49.0 Å². The van der Waals surface area contributed by atoms with Gasteiger partial charge in [-0.3, -0.25) is 0 Å². The van der Waals surface area contributed by atoms with Gasteiger partial charge >= 0.3 is 0 Å². The highest BCUT2D eigenvalue weighted by Crippen LogP contribution is 2.31. The molecular formula is C27H32N4O2. The highest BCUT2D eigenvalue weighted by atomic mass is 16.6. The van der Waals surface area contributed by atoms with Gasteiger partial charge < -0.3 is 19.0 Å². The summed E-state index contributed by atoms with van der Waals surface area (Å²) in [6, 6.07) is 16.6. The lowest BCUT2D eigenvalue weighted by atomic mass is 9.99. The molecule has 1 fully saturated rings.